The van der Waals surface area contributed by atoms with Gasteiger partial charge in [-0.3, -0.25) is 4.68 Å². The van der Waals surface area contributed by atoms with Crippen LogP contribution in [0.25, 0.3) is 0 Å². The van der Waals surface area contributed by atoms with Gasteiger partial charge in [-0.05, 0) is 6.07 Å². The van der Waals surface area contributed by atoms with Gasteiger partial charge in [-0.2, -0.15) is 5.10 Å². The van der Waals surface area contributed by atoms with Crippen LogP contribution >= 0.6 is 0 Å². The van der Waals surface area contributed by atoms with Crippen molar-refractivity contribution in [1.29, 1.82) is 0 Å². The Morgan fingerprint density at radius 3 is 2.87 bits per heavy atom. The smallest absolute Gasteiger partial charge is 0.257 e. The first-order valence-corrected chi connectivity index (χ1v) is 5.89. The van der Waals surface area contributed by atoms with Crippen molar-refractivity contribution < 1.29 is 8.42 Å². The molecule has 84 valence electrons. The van der Waals surface area contributed by atoms with Crippen LogP contribution in [0.2, 0.25) is 0 Å². The molecule has 7 heteroatoms. The molecule has 0 aliphatic rings. The lowest BCUT2D eigenvalue weighted by Crippen LogP contribution is -2.25. The van der Waals surface area contributed by atoms with Gasteiger partial charge in [0.05, 0.1) is 6.20 Å². The first-order valence-electron chi connectivity index (χ1n) is 4.40. The number of hydrogen-bond donors (Lipinski definition) is 2. The van der Waals surface area contributed by atoms with Crippen LogP contribution in [0.4, 0.5) is 0 Å². The molecule has 0 aromatic carbocycles. The normalized spacial score (nSPS) is 12.4. The largest absolute Gasteiger partial charge is 0.327 e. The maximum absolute atomic E-state index is 11.6. The number of rotatable bonds is 5. The minimum Gasteiger partial charge on any atom is -0.327 e. The molecule has 6 nitrogen and oxygen atoms in total. The maximum Gasteiger partial charge on any atom is 0.257 e. The number of sulfonamides is 1. The van der Waals surface area contributed by atoms with E-state index in [2.05, 4.69) is 9.82 Å². The van der Waals surface area contributed by atoms with Gasteiger partial charge in [0, 0.05) is 20.1 Å². The lowest BCUT2D eigenvalue weighted by molar-refractivity contribution is 0.567. The predicted molar refractivity (Wildman–Crippen MR) is 56.6 cm³/mol. The summed E-state index contributed by atoms with van der Waals surface area (Å²) in [6, 6.07) is 1.44. The standard InChI is InChI=1S/C8H14N4O2S/c1-12-8(4-7-10-12)15(13,14)11-6-3-2-5-9/h2-4,7,11H,5-6,9H2,1H3/b3-2+. The average molecular weight is 230 g/mol. The van der Waals surface area contributed by atoms with Gasteiger partial charge in [0.15, 0.2) is 5.03 Å². The third-order valence-electron chi connectivity index (χ3n) is 1.75. The fourth-order valence-electron chi connectivity index (χ4n) is 1.04. The van der Waals surface area contributed by atoms with E-state index in [0.29, 0.717) is 6.54 Å². The van der Waals surface area contributed by atoms with Crippen LogP contribution in [0.3, 0.4) is 0 Å². The van der Waals surface area contributed by atoms with E-state index in [1.165, 1.54) is 16.9 Å². The molecule has 15 heavy (non-hydrogen) atoms. The minimum absolute atomic E-state index is 0.142. The third kappa shape index (κ3) is 3.15. The van der Waals surface area contributed by atoms with Gasteiger partial charge in [0.2, 0.25) is 0 Å². The first-order chi connectivity index (χ1) is 7.08. The van der Waals surface area contributed by atoms with Gasteiger partial charge in [0.1, 0.15) is 0 Å². The molecule has 0 bridgehead atoms. The Hall–Kier alpha value is -1.18. The molecule has 0 atom stereocenters. The van der Waals surface area contributed by atoms with E-state index < -0.39 is 10.0 Å². The minimum atomic E-state index is -3.47. The number of nitrogens with one attached hydrogen (secondary N) is 1. The second kappa shape index (κ2) is 5.06. The predicted octanol–water partition coefficient (Wildman–Crippen LogP) is -0.787. The van der Waals surface area contributed by atoms with E-state index in [0.717, 1.165) is 0 Å². The summed E-state index contributed by atoms with van der Waals surface area (Å²) in [5.41, 5.74) is 5.22. The third-order valence-corrected chi connectivity index (χ3v) is 3.24. The zero-order valence-electron chi connectivity index (χ0n) is 8.42. The second-order valence-electron chi connectivity index (χ2n) is 2.85. The maximum atomic E-state index is 11.6. The van der Waals surface area contributed by atoms with Crippen molar-refractivity contribution in [1.82, 2.24) is 14.5 Å². The Kier molecular flexibility index (Phi) is 4.01. The number of nitrogens with zero attached hydrogens (tertiary/aromatic N) is 2. The summed E-state index contributed by atoms with van der Waals surface area (Å²) in [6.07, 6.45) is 4.78. The summed E-state index contributed by atoms with van der Waals surface area (Å²) in [7, 11) is -1.90. The zero-order valence-corrected chi connectivity index (χ0v) is 9.24. The number of aryl methyl sites for hydroxylation is 1. The topological polar surface area (TPSA) is 90.0 Å². The van der Waals surface area contributed by atoms with E-state index in [1.807, 2.05) is 0 Å². The Morgan fingerprint density at radius 1 is 1.60 bits per heavy atom. The van der Waals surface area contributed by atoms with Crippen molar-refractivity contribution in [2.24, 2.45) is 12.8 Å². The molecule has 0 amide bonds. The molecule has 1 aromatic heterocycles. The first kappa shape index (κ1) is 11.9. The molecule has 1 aromatic rings. The molecule has 3 N–H and O–H groups in total. The Labute approximate surface area is 88.8 Å². The van der Waals surface area contributed by atoms with Gasteiger partial charge in [-0.25, -0.2) is 13.1 Å². The fraction of sp³-hybridized carbons (Fsp3) is 0.375. The van der Waals surface area contributed by atoms with Gasteiger partial charge in [0.25, 0.3) is 10.0 Å². The van der Waals surface area contributed by atoms with Crippen LogP contribution in [0.1, 0.15) is 0 Å². The molecule has 1 rings (SSSR count). The average Bonchev–Trinajstić information content (AvgIpc) is 2.60. The van der Waals surface area contributed by atoms with Gasteiger partial charge < -0.3 is 5.73 Å². The molecule has 0 saturated heterocycles. The van der Waals surface area contributed by atoms with E-state index >= 15 is 0 Å². The van der Waals surface area contributed by atoms with E-state index in [4.69, 9.17) is 5.73 Å². The summed E-state index contributed by atoms with van der Waals surface area (Å²) in [5.74, 6) is 0. The van der Waals surface area contributed by atoms with E-state index in [-0.39, 0.29) is 11.6 Å². The highest BCUT2D eigenvalue weighted by Gasteiger charge is 2.16. The summed E-state index contributed by atoms with van der Waals surface area (Å²) in [4.78, 5) is 0. The van der Waals surface area contributed by atoms with Crippen molar-refractivity contribution in [3.8, 4) is 0 Å². The molecular formula is C8H14N4O2S. The van der Waals surface area contributed by atoms with Crippen molar-refractivity contribution in [3.63, 3.8) is 0 Å². The highest BCUT2D eigenvalue weighted by Crippen LogP contribution is 2.04. The van der Waals surface area contributed by atoms with Crippen LogP contribution in [0, 0.1) is 0 Å². The Morgan fingerprint density at radius 2 is 2.33 bits per heavy atom. The molecule has 0 aliphatic heterocycles. The molecule has 0 spiro atoms. The molecule has 1 heterocycles. The molecule has 0 unspecified atom stereocenters. The SMILES string of the molecule is Cn1nccc1S(=O)(=O)NC/C=C/CN. The van der Waals surface area contributed by atoms with Crippen LogP contribution in [-0.2, 0) is 17.1 Å². The van der Waals surface area contributed by atoms with Crippen molar-refractivity contribution in [2.45, 2.75) is 5.03 Å². The summed E-state index contributed by atoms with van der Waals surface area (Å²) < 4.78 is 27.0. The Balaban J connectivity index is 2.69. The quantitative estimate of drug-likeness (QED) is 0.649. The molecule has 0 radical (unpaired) electrons. The number of aromatic nitrogens is 2. The van der Waals surface area contributed by atoms with Crippen molar-refractivity contribution in [3.05, 3.63) is 24.4 Å². The number of nitrogens with two attached hydrogens (primary N) is 1. The molecule has 0 fully saturated rings. The van der Waals surface area contributed by atoms with Gasteiger partial charge >= 0.3 is 0 Å². The highest BCUT2D eigenvalue weighted by atomic mass is 32.2. The lowest BCUT2D eigenvalue weighted by Gasteiger charge is -2.03. The van der Waals surface area contributed by atoms with Crippen LogP contribution in [0.15, 0.2) is 29.4 Å². The molecular weight excluding hydrogens is 216 g/mol. The fourth-order valence-corrected chi connectivity index (χ4v) is 2.14. The lowest BCUT2D eigenvalue weighted by atomic mass is 10.5. The van der Waals surface area contributed by atoms with Crippen molar-refractivity contribution >= 4 is 10.0 Å². The van der Waals surface area contributed by atoms with Crippen LogP contribution < -0.4 is 10.5 Å². The second-order valence-corrected chi connectivity index (χ2v) is 4.57. The summed E-state index contributed by atoms with van der Waals surface area (Å²) in [5, 5.41) is 3.93. The van der Waals surface area contributed by atoms with Crippen LogP contribution in [0.5, 0.6) is 0 Å². The monoisotopic (exact) mass is 230 g/mol. The van der Waals surface area contributed by atoms with E-state index in [9.17, 15) is 8.42 Å². The Bertz CT molecular complexity index is 435. The van der Waals surface area contributed by atoms with Gasteiger partial charge in [-0.1, -0.05) is 12.2 Å². The number of hydrogen-bond acceptors (Lipinski definition) is 4. The van der Waals surface area contributed by atoms with Crippen LogP contribution in [-0.4, -0.2) is 31.3 Å². The highest BCUT2D eigenvalue weighted by molar-refractivity contribution is 7.89. The molecule has 0 aliphatic carbocycles. The summed E-state index contributed by atoms with van der Waals surface area (Å²) in [6.45, 7) is 0.623. The van der Waals surface area contributed by atoms with E-state index in [1.54, 1.807) is 19.2 Å². The summed E-state index contributed by atoms with van der Waals surface area (Å²) >= 11 is 0. The zero-order chi connectivity index (χ0) is 11.3. The molecule has 0 saturated carbocycles. The van der Waals surface area contributed by atoms with Crippen molar-refractivity contribution in [2.75, 3.05) is 13.1 Å². The van der Waals surface area contributed by atoms with Gasteiger partial charge in [-0.15, -0.1) is 0 Å².